The molecule has 0 aliphatic carbocycles. The van der Waals surface area contributed by atoms with Crippen LogP contribution in [0.4, 0.5) is 5.69 Å². The second-order valence-corrected chi connectivity index (χ2v) is 6.91. The number of anilines is 1. The van der Waals surface area contributed by atoms with Crippen LogP contribution in [-0.4, -0.2) is 31.5 Å². The number of hydrogen-bond acceptors (Lipinski definition) is 6. The lowest BCUT2D eigenvalue weighted by Crippen LogP contribution is -2.28. The zero-order chi connectivity index (χ0) is 15.6. The number of para-hydroxylation sites is 1. The fourth-order valence-electron chi connectivity index (χ4n) is 1.66. The largest absolute Gasteiger partial charge is 0.476 e. The van der Waals surface area contributed by atoms with E-state index < -0.39 is 21.7 Å². The Labute approximate surface area is 124 Å². The van der Waals surface area contributed by atoms with E-state index in [1.165, 1.54) is 19.2 Å². The number of aromatic carboxylic acids is 1. The molecule has 7 nitrogen and oxygen atoms in total. The summed E-state index contributed by atoms with van der Waals surface area (Å²) < 4.78 is 25.5. The first-order valence-electron chi connectivity index (χ1n) is 5.54. The van der Waals surface area contributed by atoms with Crippen molar-refractivity contribution in [1.29, 1.82) is 5.26 Å². The third-order valence-electron chi connectivity index (χ3n) is 2.70. The third-order valence-corrected chi connectivity index (χ3v) is 5.81. The number of sulfonamides is 1. The van der Waals surface area contributed by atoms with Crippen molar-refractivity contribution in [3.8, 4) is 6.07 Å². The van der Waals surface area contributed by atoms with Gasteiger partial charge in [0, 0.05) is 7.05 Å². The molecule has 21 heavy (non-hydrogen) atoms. The smallest absolute Gasteiger partial charge is 0.356 e. The van der Waals surface area contributed by atoms with Gasteiger partial charge in [-0.1, -0.05) is 12.1 Å². The Bertz CT molecular complexity index is 836. The molecule has 1 aromatic carbocycles. The van der Waals surface area contributed by atoms with Crippen LogP contribution in [0, 0.1) is 11.3 Å². The van der Waals surface area contributed by atoms with Gasteiger partial charge in [-0.3, -0.25) is 4.31 Å². The molecule has 0 radical (unpaired) electrons. The van der Waals surface area contributed by atoms with Gasteiger partial charge < -0.3 is 5.11 Å². The van der Waals surface area contributed by atoms with Gasteiger partial charge in [0.15, 0.2) is 9.90 Å². The predicted octanol–water partition coefficient (Wildman–Crippen LogP) is 1.54. The second kappa shape index (κ2) is 5.51. The van der Waals surface area contributed by atoms with Crippen molar-refractivity contribution in [2.75, 3.05) is 11.4 Å². The van der Waals surface area contributed by atoms with Gasteiger partial charge in [-0.05, 0) is 12.1 Å². The molecule has 0 saturated carbocycles. The number of nitriles is 1. The van der Waals surface area contributed by atoms with Gasteiger partial charge in [-0.2, -0.15) is 5.26 Å². The van der Waals surface area contributed by atoms with Crippen molar-refractivity contribution >= 4 is 33.0 Å². The maximum absolute atomic E-state index is 12.5. The van der Waals surface area contributed by atoms with E-state index in [0.29, 0.717) is 11.3 Å². The lowest BCUT2D eigenvalue weighted by atomic mass is 10.2. The molecule has 0 bridgehead atoms. The first-order valence-corrected chi connectivity index (χ1v) is 7.86. The summed E-state index contributed by atoms with van der Waals surface area (Å²) in [6.45, 7) is 0. The van der Waals surface area contributed by atoms with Crippen LogP contribution in [0.15, 0.2) is 34.0 Å². The number of benzene rings is 1. The highest BCUT2D eigenvalue weighted by Crippen LogP contribution is 2.29. The molecule has 0 atom stereocenters. The number of carbonyl (C=O) groups is 1. The highest BCUT2D eigenvalue weighted by molar-refractivity contribution is 7.94. The van der Waals surface area contributed by atoms with Crippen LogP contribution in [0.3, 0.4) is 0 Å². The third kappa shape index (κ3) is 2.58. The first-order chi connectivity index (χ1) is 9.89. The quantitative estimate of drug-likeness (QED) is 0.913. The normalized spacial score (nSPS) is 10.9. The van der Waals surface area contributed by atoms with Gasteiger partial charge in [0.2, 0.25) is 0 Å². The van der Waals surface area contributed by atoms with Gasteiger partial charge in [0.1, 0.15) is 6.07 Å². The lowest BCUT2D eigenvalue weighted by molar-refractivity contribution is 0.0687. The SMILES string of the molecule is CN(c1ccccc1C#N)S(=O)(=O)c1scnc1C(=O)O. The van der Waals surface area contributed by atoms with Crippen LogP contribution in [0.25, 0.3) is 0 Å². The summed E-state index contributed by atoms with van der Waals surface area (Å²) in [5.41, 5.74) is 0.969. The minimum Gasteiger partial charge on any atom is -0.476 e. The molecule has 108 valence electrons. The van der Waals surface area contributed by atoms with Gasteiger partial charge in [-0.25, -0.2) is 18.2 Å². The van der Waals surface area contributed by atoms with E-state index in [2.05, 4.69) is 4.98 Å². The number of hydrogen-bond donors (Lipinski definition) is 1. The zero-order valence-electron chi connectivity index (χ0n) is 10.7. The maximum Gasteiger partial charge on any atom is 0.356 e. The second-order valence-electron chi connectivity index (χ2n) is 3.90. The van der Waals surface area contributed by atoms with Crippen molar-refractivity contribution in [2.45, 2.75) is 4.21 Å². The Morgan fingerprint density at radius 1 is 1.43 bits per heavy atom. The van der Waals surface area contributed by atoms with Crippen molar-refractivity contribution in [3.63, 3.8) is 0 Å². The van der Waals surface area contributed by atoms with Gasteiger partial charge in [0.05, 0.1) is 16.8 Å². The minimum absolute atomic E-state index is 0.171. The number of thiazole rings is 1. The first kappa shape index (κ1) is 15.0. The molecule has 0 fully saturated rings. The monoisotopic (exact) mass is 323 g/mol. The van der Waals surface area contributed by atoms with Crippen LogP contribution in [0.2, 0.25) is 0 Å². The van der Waals surface area contributed by atoms with E-state index in [1.807, 2.05) is 6.07 Å². The molecule has 9 heteroatoms. The van der Waals surface area contributed by atoms with E-state index >= 15 is 0 Å². The molecule has 2 rings (SSSR count). The van der Waals surface area contributed by atoms with Crippen LogP contribution < -0.4 is 4.31 Å². The van der Waals surface area contributed by atoms with Crippen LogP contribution in [0.5, 0.6) is 0 Å². The molecule has 0 saturated heterocycles. The Kier molecular flexibility index (Phi) is 3.93. The molecule has 1 heterocycles. The highest BCUT2D eigenvalue weighted by atomic mass is 32.2. The average molecular weight is 323 g/mol. The molecular weight excluding hydrogens is 314 g/mol. The summed E-state index contributed by atoms with van der Waals surface area (Å²) >= 11 is 0.717. The fraction of sp³-hybridized carbons (Fsp3) is 0.0833. The topological polar surface area (TPSA) is 111 Å². The number of rotatable bonds is 4. The molecule has 1 N–H and O–H groups in total. The van der Waals surface area contributed by atoms with Gasteiger partial charge in [0.25, 0.3) is 10.0 Å². The summed E-state index contributed by atoms with van der Waals surface area (Å²) in [6.07, 6.45) is 0. The Balaban J connectivity index is 2.57. The predicted molar refractivity (Wildman–Crippen MR) is 75.8 cm³/mol. The van der Waals surface area contributed by atoms with Crippen molar-refractivity contribution < 1.29 is 18.3 Å². The Morgan fingerprint density at radius 2 is 2.10 bits per heavy atom. The Morgan fingerprint density at radius 3 is 2.71 bits per heavy atom. The summed E-state index contributed by atoms with van der Waals surface area (Å²) in [5, 5.41) is 18.0. The summed E-state index contributed by atoms with van der Waals surface area (Å²) in [4.78, 5) is 14.6. The van der Waals surface area contributed by atoms with Crippen LogP contribution >= 0.6 is 11.3 Å². The molecule has 0 aliphatic rings. The minimum atomic E-state index is -4.10. The van der Waals surface area contributed by atoms with E-state index in [-0.39, 0.29) is 15.5 Å². The number of carboxylic acids is 1. The van der Waals surface area contributed by atoms with Crippen molar-refractivity contribution in [2.24, 2.45) is 0 Å². The molecule has 0 aliphatic heterocycles. The zero-order valence-corrected chi connectivity index (χ0v) is 12.3. The molecular formula is C12H9N3O4S2. The van der Waals surface area contributed by atoms with Gasteiger partial charge in [-0.15, -0.1) is 11.3 Å². The van der Waals surface area contributed by atoms with Gasteiger partial charge >= 0.3 is 5.97 Å². The van der Waals surface area contributed by atoms with E-state index in [9.17, 15) is 13.2 Å². The number of carboxylic acid groups (broad SMARTS) is 1. The van der Waals surface area contributed by atoms with E-state index in [1.54, 1.807) is 12.1 Å². The average Bonchev–Trinajstić information content (AvgIpc) is 2.96. The summed E-state index contributed by atoms with van der Waals surface area (Å²) in [7, 11) is -2.84. The van der Waals surface area contributed by atoms with Crippen LogP contribution in [-0.2, 0) is 10.0 Å². The molecule has 0 amide bonds. The summed E-state index contributed by atoms with van der Waals surface area (Å²) in [6, 6.07) is 8.04. The summed E-state index contributed by atoms with van der Waals surface area (Å²) in [5.74, 6) is -1.42. The fourth-order valence-corrected chi connectivity index (χ4v) is 4.17. The number of aromatic nitrogens is 1. The molecule has 1 aromatic heterocycles. The van der Waals surface area contributed by atoms with Crippen LogP contribution in [0.1, 0.15) is 16.1 Å². The van der Waals surface area contributed by atoms with Crippen molar-refractivity contribution in [3.05, 3.63) is 41.0 Å². The lowest BCUT2D eigenvalue weighted by Gasteiger charge is -2.19. The highest BCUT2D eigenvalue weighted by Gasteiger charge is 2.30. The Hall–Kier alpha value is -2.44. The molecule has 0 unspecified atom stereocenters. The maximum atomic E-state index is 12.5. The standard InChI is InChI=1S/C12H9N3O4S2/c1-15(9-5-3-2-4-8(9)6-13)21(18,19)12-10(11(16)17)14-7-20-12/h2-5,7H,1H3,(H,16,17). The van der Waals surface area contributed by atoms with E-state index in [4.69, 9.17) is 10.4 Å². The van der Waals surface area contributed by atoms with Crippen molar-refractivity contribution in [1.82, 2.24) is 4.98 Å². The number of nitrogens with zero attached hydrogens (tertiary/aromatic N) is 3. The van der Waals surface area contributed by atoms with E-state index in [0.717, 1.165) is 9.82 Å². The molecule has 0 spiro atoms. The molecule has 2 aromatic rings.